The number of halogens is 3. The Morgan fingerprint density at radius 3 is 2.27 bits per heavy atom. The van der Waals surface area contributed by atoms with Crippen molar-refractivity contribution < 1.29 is 18.0 Å². The van der Waals surface area contributed by atoms with Crippen LogP contribution in [0.25, 0.3) is 0 Å². The molecule has 84 valence electrons. The number of alkyl halides is 3. The van der Waals surface area contributed by atoms with Gasteiger partial charge in [-0.2, -0.15) is 13.2 Å². The Kier molecular flexibility index (Phi) is 2.93. The smallest absolute Gasteiger partial charge is 0.311 e. The van der Waals surface area contributed by atoms with Crippen LogP contribution in [0.4, 0.5) is 13.2 Å². The molecular formula is C9H10F3NOS. The Labute approximate surface area is 88.9 Å². The average molecular weight is 237 g/mol. The fourth-order valence-electron chi connectivity index (χ4n) is 0.941. The van der Waals surface area contributed by atoms with E-state index in [4.69, 9.17) is 5.73 Å². The third-order valence-electron chi connectivity index (χ3n) is 2.02. The Morgan fingerprint density at radius 2 is 1.93 bits per heavy atom. The van der Waals surface area contributed by atoms with Crippen molar-refractivity contribution in [3.8, 4) is 0 Å². The highest BCUT2D eigenvalue weighted by Crippen LogP contribution is 2.32. The zero-order chi connectivity index (χ0) is 11.9. The number of carbonyl (C=O) groups excluding carboxylic acids is 1. The third-order valence-corrected chi connectivity index (χ3v) is 3.02. The lowest BCUT2D eigenvalue weighted by molar-refractivity contribution is -0.165. The van der Waals surface area contributed by atoms with Crippen LogP contribution in [0.2, 0.25) is 0 Å². The van der Waals surface area contributed by atoms with Crippen molar-refractivity contribution in [1.82, 2.24) is 0 Å². The van der Waals surface area contributed by atoms with E-state index in [2.05, 4.69) is 0 Å². The molecule has 1 aromatic rings. The van der Waals surface area contributed by atoms with Crippen molar-refractivity contribution in [2.45, 2.75) is 25.6 Å². The number of thiophene rings is 1. The van der Waals surface area contributed by atoms with E-state index >= 15 is 0 Å². The predicted molar refractivity (Wildman–Crippen MR) is 52.0 cm³/mol. The highest BCUT2D eigenvalue weighted by molar-refractivity contribution is 7.14. The molecule has 0 aliphatic carbocycles. The number of aryl methyl sites for hydroxylation is 1. The first kappa shape index (κ1) is 12.2. The lowest BCUT2D eigenvalue weighted by atomic mass is 9.96. The van der Waals surface area contributed by atoms with Crippen LogP contribution in [0.5, 0.6) is 0 Å². The fraction of sp³-hybridized carbons (Fsp3) is 0.444. The van der Waals surface area contributed by atoms with Crippen LogP contribution in [0, 0.1) is 6.92 Å². The van der Waals surface area contributed by atoms with Crippen molar-refractivity contribution in [3.05, 3.63) is 21.9 Å². The second kappa shape index (κ2) is 3.61. The van der Waals surface area contributed by atoms with E-state index in [1.807, 2.05) is 0 Å². The summed E-state index contributed by atoms with van der Waals surface area (Å²) in [6.07, 6.45) is -4.73. The van der Waals surface area contributed by atoms with Gasteiger partial charge in [0, 0.05) is 4.88 Å². The van der Waals surface area contributed by atoms with Crippen LogP contribution in [0.1, 0.15) is 21.5 Å². The maximum absolute atomic E-state index is 12.4. The Bertz CT molecular complexity index is 381. The highest BCUT2D eigenvalue weighted by Gasteiger charge is 2.54. The molecule has 0 saturated heterocycles. The quantitative estimate of drug-likeness (QED) is 0.803. The van der Waals surface area contributed by atoms with Gasteiger partial charge in [0.1, 0.15) is 0 Å². The van der Waals surface area contributed by atoms with Crippen LogP contribution in [0.15, 0.2) is 12.1 Å². The molecule has 2 nitrogen and oxygen atoms in total. The van der Waals surface area contributed by atoms with Gasteiger partial charge in [0.15, 0.2) is 5.54 Å². The largest absolute Gasteiger partial charge is 0.413 e. The molecule has 0 aromatic carbocycles. The summed E-state index contributed by atoms with van der Waals surface area (Å²) in [5.74, 6) is -1.09. The second-order valence-electron chi connectivity index (χ2n) is 3.44. The van der Waals surface area contributed by atoms with Gasteiger partial charge in [-0.3, -0.25) is 4.79 Å². The highest BCUT2D eigenvalue weighted by atomic mass is 32.1. The molecule has 1 unspecified atom stereocenters. The molecule has 0 aliphatic rings. The first-order valence-electron chi connectivity index (χ1n) is 4.13. The van der Waals surface area contributed by atoms with Gasteiger partial charge in [-0.05, 0) is 26.0 Å². The van der Waals surface area contributed by atoms with Crippen molar-refractivity contribution >= 4 is 17.1 Å². The van der Waals surface area contributed by atoms with Gasteiger partial charge in [-0.15, -0.1) is 11.3 Å². The molecule has 6 heteroatoms. The predicted octanol–water partition coefficient (Wildman–Crippen LogP) is 2.52. The zero-order valence-corrected chi connectivity index (χ0v) is 9.00. The van der Waals surface area contributed by atoms with Crippen molar-refractivity contribution in [3.63, 3.8) is 0 Å². The minimum absolute atomic E-state index is 0.0369. The first-order valence-corrected chi connectivity index (χ1v) is 4.95. The monoisotopic (exact) mass is 237 g/mol. The lowest BCUT2D eigenvalue weighted by Crippen LogP contribution is -2.56. The lowest BCUT2D eigenvalue weighted by Gasteiger charge is -2.25. The number of Topliss-reactive ketones (excluding diaryl/α,β-unsaturated/α-hetero) is 1. The molecule has 1 heterocycles. The summed E-state index contributed by atoms with van der Waals surface area (Å²) in [4.78, 5) is 12.3. The van der Waals surface area contributed by atoms with Crippen LogP contribution in [0.3, 0.4) is 0 Å². The second-order valence-corrected chi connectivity index (χ2v) is 4.73. The Morgan fingerprint density at radius 1 is 1.40 bits per heavy atom. The fourth-order valence-corrected chi connectivity index (χ4v) is 1.86. The Hall–Kier alpha value is -0.880. The summed E-state index contributed by atoms with van der Waals surface area (Å²) in [6, 6.07) is 2.95. The van der Waals surface area contributed by atoms with Crippen LogP contribution >= 0.6 is 11.3 Å². The normalized spacial score (nSPS) is 16.1. The first-order chi connectivity index (χ1) is 6.66. The van der Waals surface area contributed by atoms with E-state index in [1.165, 1.54) is 6.07 Å². The molecule has 1 rings (SSSR count). The maximum atomic E-state index is 12.4. The van der Waals surface area contributed by atoms with Gasteiger partial charge >= 0.3 is 6.18 Å². The van der Waals surface area contributed by atoms with Gasteiger partial charge < -0.3 is 5.73 Å². The zero-order valence-electron chi connectivity index (χ0n) is 8.18. The van der Waals surface area contributed by atoms with Gasteiger partial charge in [-0.1, -0.05) is 0 Å². The summed E-state index contributed by atoms with van der Waals surface area (Å²) in [7, 11) is 0. The molecule has 0 spiro atoms. The molecule has 0 fully saturated rings. The van der Waals surface area contributed by atoms with Gasteiger partial charge in [-0.25, -0.2) is 0 Å². The average Bonchev–Trinajstić information content (AvgIpc) is 2.48. The van der Waals surface area contributed by atoms with E-state index in [0.717, 1.165) is 16.2 Å². The molecule has 0 radical (unpaired) electrons. The number of ketones is 1. The topological polar surface area (TPSA) is 43.1 Å². The number of hydrogen-bond donors (Lipinski definition) is 1. The Balaban J connectivity index is 3.05. The van der Waals surface area contributed by atoms with Crippen molar-refractivity contribution in [2.24, 2.45) is 5.73 Å². The van der Waals surface area contributed by atoms with Crippen molar-refractivity contribution in [1.29, 1.82) is 0 Å². The summed E-state index contributed by atoms with van der Waals surface area (Å²) in [6.45, 7) is 2.40. The third kappa shape index (κ3) is 2.21. The summed E-state index contributed by atoms with van der Waals surface area (Å²) < 4.78 is 37.3. The summed E-state index contributed by atoms with van der Waals surface area (Å²) in [5.41, 5.74) is 2.20. The standard InChI is InChI=1S/C9H10F3NOS/c1-5-3-4-6(15-5)7(14)8(2,13)9(10,11)12/h3-4H,13H2,1-2H3. The number of rotatable bonds is 2. The minimum Gasteiger partial charge on any atom is -0.311 e. The molecule has 2 N–H and O–H groups in total. The van der Waals surface area contributed by atoms with Gasteiger partial charge in [0.25, 0.3) is 0 Å². The molecule has 0 bridgehead atoms. The molecule has 1 aromatic heterocycles. The van der Waals surface area contributed by atoms with E-state index in [1.54, 1.807) is 13.0 Å². The van der Waals surface area contributed by atoms with E-state index < -0.39 is 17.5 Å². The van der Waals surface area contributed by atoms with E-state index in [-0.39, 0.29) is 4.88 Å². The van der Waals surface area contributed by atoms with Crippen LogP contribution in [-0.2, 0) is 0 Å². The molecule has 0 aliphatic heterocycles. The maximum Gasteiger partial charge on any atom is 0.413 e. The van der Waals surface area contributed by atoms with E-state index in [9.17, 15) is 18.0 Å². The van der Waals surface area contributed by atoms with Gasteiger partial charge in [0.2, 0.25) is 5.78 Å². The van der Waals surface area contributed by atoms with Crippen LogP contribution < -0.4 is 5.73 Å². The molecular weight excluding hydrogens is 227 g/mol. The number of nitrogens with two attached hydrogens (primary N) is 1. The number of carbonyl (C=O) groups is 1. The van der Waals surface area contributed by atoms with E-state index in [0.29, 0.717) is 6.92 Å². The SMILES string of the molecule is Cc1ccc(C(=O)C(C)(N)C(F)(F)F)s1. The molecule has 0 saturated carbocycles. The minimum atomic E-state index is -4.73. The summed E-state index contributed by atoms with van der Waals surface area (Å²) in [5, 5.41) is 0. The molecule has 1 atom stereocenters. The molecule has 15 heavy (non-hydrogen) atoms. The summed E-state index contributed by atoms with van der Waals surface area (Å²) >= 11 is 1.01. The number of hydrogen-bond acceptors (Lipinski definition) is 3. The van der Waals surface area contributed by atoms with Crippen molar-refractivity contribution in [2.75, 3.05) is 0 Å². The molecule has 0 amide bonds. The van der Waals surface area contributed by atoms with Gasteiger partial charge in [0.05, 0.1) is 4.88 Å². The van der Waals surface area contributed by atoms with Crippen LogP contribution in [-0.4, -0.2) is 17.5 Å².